The Labute approximate surface area is 115 Å². The van der Waals surface area contributed by atoms with E-state index in [1.165, 1.54) is 0 Å². The Morgan fingerprint density at radius 3 is 2.44 bits per heavy atom. The summed E-state index contributed by atoms with van der Waals surface area (Å²) < 4.78 is 3.01. The highest BCUT2D eigenvalue weighted by Crippen LogP contribution is 2.72. The van der Waals surface area contributed by atoms with Gasteiger partial charge in [-0.1, -0.05) is 27.7 Å². The highest BCUT2D eigenvalue weighted by molar-refractivity contribution is 9.10. The molecule has 1 saturated carbocycles. The lowest BCUT2D eigenvalue weighted by Crippen LogP contribution is -2.06. The molecule has 0 atom stereocenters. The summed E-state index contributed by atoms with van der Waals surface area (Å²) in [4.78, 5) is 8.88. The number of imidazole rings is 1. The molecule has 1 fully saturated rings. The zero-order valence-electron chi connectivity index (χ0n) is 11.0. The molecule has 0 aromatic carbocycles. The molecule has 2 aromatic rings. The number of hydrogen-bond donors (Lipinski definition) is 1. The van der Waals surface area contributed by atoms with Crippen molar-refractivity contribution in [2.75, 3.05) is 5.73 Å². The van der Waals surface area contributed by atoms with Gasteiger partial charge in [0.1, 0.15) is 5.52 Å². The molecule has 0 aliphatic heterocycles. The van der Waals surface area contributed by atoms with E-state index in [2.05, 4.69) is 58.2 Å². The molecular weight excluding hydrogens is 292 g/mol. The largest absolute Gasteiger partial charge is 0.369 e. The Bertz CT molecular complexity index is 628. The smallest absolute Gasteiger partial charge is 0.202 e. The van der Waals surface area contributed by atoms with Gasteiger partial charge in [-0.2, -0.15) is 0 Å². The van der Waals surface area contributed by atoms with Gasteiger partial charge < -0.3 is 5.73 Å². The number of aromatic nitrogens is 3. The monoisotopic (exact) mass is 308 g/mol. The van der Waals surface area contributed by atoms with Gasteiger partial charge in [-0.05, 0) is 32.8 Å². The molecule has 0 amide bonds. The molecule has 0 unspecified atom stereocenters. The number of fused-ring (bicyclic) bond motifs is 1. The van der Waals surface area contributed by atoms with Crippen LogP contribution in [-0.4, -0.2) is 14.5 Å². The number of nitrogens with zero attached hydrogens (tertiary/aromatic N) is 3. The first-order valence-electron chi connectivity index (χ1n) is 6.06. The molecule has 1 aliphatic rings. The summed E-state index contributed by atoms with van der Waals surface area (Å²) in [5, 5.41) is 0. The third-order valence-corrected chi connectivity index (χ3v) is 5.16. The standard InChI is InChI=1S/C13H17BrN4/c1-12(2)10(13(12,3)4)18-9-8(17-11(18)15)5-7(14)6-16-9/h5-6,10H,1-4H3,(H2,15,17). The Kier molecular flexibility index (Phi) is 2.17. The van der Waals surface area contributed by atoms with Crippen LogP contribution in [0.15, 0.2) is 16.7 Å². The highest BCUT2D eigenvalue weighted by Gasteiger charge is 2.66. The Balaban J connectivity index is 2.23. The van der Waals surface area contributed by atoms with E-state index in [0.717, 1.165) is 15.6 Å². The number of halogens is 1. The van der Waals surface area contributed by atoms with Crippen LogP contribution in [-0.2, 0) is 0 Å². The summed E-state index contributed by atoms with van der Waals surface area (Å²) in [6, 6.07) is 2.31. The van der Waals surface area contributed by atoms with Crippen LogP contribution in [0.4, 0.5) is 5.95 Å². The van der Waals surface area contributed by atoms with Crippen molar-refractivity contribution in [1.29, 1.82) is 0 Å². The first-order chi connectivity index (χ1) is 8.26. The van der Waals surface area contributed by atoms with E-state index in [9.17, 15) is 0 Å². The van der Waals surface area contributed by atoms with E-state index in [-0.39, 0.29) is 10.8 Å². The van der Waals surface area contributed by atoms with Crippen LogP contribution in [0, 0.1) is 10.8 Å². The van der Waals surface area contributed by atoms with E-state index in [4.69, 9.17) is 5.73 Å². The van der Waals surface area contributed by atoms with Gasteiger partial charge in [0.25, 0.3) is 0 Å². The SMILES string of the molecule is CC1(C)C(n2c(N)nc3cc(Br)cnc32)C1(C)C. The zero-order chi connectivity index (χ0) is 13.3. The summed E-state index contributed by atoms with van der Waals surface area (Å²) in [6.07, 6.45) is 1.79. The average molecular weight is 309 g/mol. The lowest BCUT2D eigenvalue weighted by atomic mass is 10.0. The number of pyridine rings is 1. The molecule has 96 valence electrons. The van der Waals surface area contributed by atoms with Crippen molar-refractivity contribution >= 4 is 33.0 Å². The molecule has 1 aliphatic carbocycles. The van der Waals surface area contributed by atoms with Gasteiger partial charge in [0.2, 0.25) is 5.95 Å². The number of nitrogens with two attached hydrogens (primary N) is 1. The number of rotatable bonds is 1. The topological polar surface area (TPSA) is 56.7 Å². The van der Waals surface area contributed by atoms with Gasteiger partial charge in [-0.25, -0.2) is 9.97 Å². The van der Waals surface area contributed by atoms with E-state index in [1.807, 2.05) is 6.07 Å². The molecule has 3 rings (SSSR count). The van der Waals surface area contributed by atoms with E-state index >= 15 is 0 Å². The molecule has 0 bridgehead atoms. The fourth-order valence-electron chi connectivity index (χ4n) is 3.04. The summed E-state index contributed by atoms with van der Waals surface area (Å²) >= 11 is 3.41. The van der Waals surface area contributed by atoms with E-state index in [1.54, 1.807) is 6.20 Å². The first-order valence-corrected chi connectivity index (χ1v) is 6.85. The maximum absolute atomic E-state index is 6.08. The maximum Gasteiger partial charge on any atom is 0.202 e. The lowest BCUT2D eigenvalue weighted by molar-refractivity contribution is 0.457. The second-order valence-electron chi connectivity index (χ2n) is 6.18. The fraction of sp³-hybridized carbons (Fsp3) is 0.538. The number of hydrogen-bond acceptors (Lipinski definition) is 3. The summed E-state index contributed by atoms with van der Waals surface area (Å²) in [5.41, 5.74) is 8.23. The molecule has 4 nitrogen and oxygen atoms in total. The third kappa shape index (κ3) is 1.31. The number of nitrogen functional groups attached to an aromatic ring is 1. The van der Waals surface area contributed by atoms with Crippen molar-refractivity contribution < 1.29 is 0 Å². The second kappa shape index (κ2) is 3.26. The van der Waals surface area contributed by atoms with Crippen molar-refractivity contribution in [3.63, 3.8) is 0 Å². The molecule has 2 N–H and O–H groups in total. The minimum absolute atomic E-state index is 0.212. The predicted octanol–water partition coefficient (Wildman–Crippen LogP) is 3.38. The van der Waals surface area contributed by atoms with Crippen LogP contribution in [0.1, 0.15) is 33.7 Å². The van der Waals surface area contributed by atoms with Crippen LogP contribution in [0.3, 0.4) is 0 Å². The molecule has 0 saturated heterocycles. The average Bonchev–Trinajstić information content (AvgIpc) is 2.52. The minimum Gasteiger partial charge on any atom is -0.369 e. The zero-order valence-corrected chi connectivity index (χ0v) is 12.6. The molecule has 18 heavy (non-hydrogen) atoms. The summed E-state index contributed by atoms with van der Waals surface area (Å²) in [7, 11) is 0. The van der Waals surface area contributed by atoms with Crippen molar-refractivity contribution in [2.45, 2.75) is 33.7 Å². The summed E-state index contributed by atoms with van der Waals surface area (Å²) in [5.74, 6) is 0.555. The highest BCUT2D eigenvalue weighted by atomic mass is 79.9. The van der Waals surface area contributed by atoms with Crippen LogP contribution >= 0.6 is 15.9 Å². The van der Waals surface area contributed by atoms with Crippen LogP contribution < -0.4 is 5.73 Å². The van der Waals surface area contributed by atoms with E-state index < -0.39 is 0 Å². The normalized spacial score (nSPS) is 21.4. The van der Waals surface area contributed by atoms with Crippen LogP contribution in [0.2, 0.25) is 0 Å². The Hall–Kier alpha value is -1.10. The lowest BCUT2D eigenvalue weighted by Gasteiger charge is -2.07. The molecule has 2 aromatic heterocycles. The third-order valence-electron chi connectivity index (χ3n) is 4.73. The molecule has 2 heterocycles. The molecule has 0 radical (unpaired) electrons. The number of anilines is 1. The van der Waals surface area contributed by atoms with Gasteiger partial charge in [-0.3, -0.25) is 4.57 Å². The van der Waals surface area contributed by atoms with Crippen LogP contribution in [0.5, 0.6) is 0 Å². The molecule has 0 spiro atoms. The van der Waals surface area contributed by atoms with E-state index in [0.29, 0.717) is 12.0 Å². The maximum atomic E-state index is 6.08. The van der Waals surface area contributed by atoms with Crippen molar-refractivity contribution in [1.82, 2.24) is 14.5 Å². The second-order valence-corrected chi connectivity index (χ2v) is 7.10. The van der Waals surface area contributed by atoms with Gasteiger partial charge in [0.15, 0.2) is 5.65 Å². The molecule has 5 heteroatoms. The predicted molar refractivity (Wildman–Crippen MR) is 76.2 cm³/mol. The van der Waals surface area contributed by atoms with Gasteiger partial charge in [-0.15, -0.1) is 0 Å². The summed E-state index contributed by atoms with van der Waals surface area (Å²) in [6.45, 7) is 9.06. The minimum atomic E-state index is 0.212. The van der Waals surface area contributed by atoms with Gasteiger partial charge >= 0.3 is 0 Å². The van der Waals surface area contributed by atoms with Crippen molar-refractivity contribution in [3.05, 3.63) is 16.7 Å². The van der Waals surface area contributed by atoms with Gasteiger partial charge in [0, 0.05) is 16.7 Å². The fourth-order valence-corrected chi connectivity index (χ4v) is 3.36. The Morgan fingerprint density at radius 1 is 1.28 bits per heavy atom. The van der Waals surface area contributed by atoms with Crippen LogP contribution in [0.25, 0.3) is 11.2 Å². The van der Waals surface area contributed by atoms with Crippen molar-refractivity contribution in [3.8, 4) is 0 Å². The Morgan fingerprint density at radius 2 is 1.89 bits per heavy atom. The first kappa shape index (κ1) is 12.0. The molecular formula is C13H17BrN4. The quantitative estimate of drug-likeness (QED) is 0.878. The van der Waals surface area contributed by atoms with Gasteiger partial charge in [0.05, 0.1) is 0 Å². The van der Waals surface area contributed by atoms with Crippen molar-refractivity contribution in [2.24, 2.45) is 10.8 Å².